The van der Waals surface area contributed by atoms with Crippen LogP contribution in [0, 0.1) is 6.92 Å². The fraction of sp³-hybridized carbons (Fsp3) is 0.100. The number of aromatic amines is 1. The molecule has 0 saturated carbocycles. The van der Waals surface area contributed by atoms with Crippen LogP contribution in [0.3, 0.4) is 0 Å². The van der Waals surface area contributed by atoms with E-state index >= 15 is 0 Å². The molecule has 3 aromatic heterocycles. The average molecular weight is 227 g/mol. The van der Waals surface area contributed by atoms with E-state index in [1.54, 1.807) is 12.4 Å². The number of aryl methyl sites for hydroxylation is 1. The van der Waals surface area contributed by atoms with Gasteiger partial charge in [0, 0.05) is 12.4 Å². The number of nitrogen functional groups attached to an aromatic ring is 1. The summed E-state index contributed by atoms with van der Waals surface area (Å²) in [5, 5.41) is 0. The second-order valence-electron chi connectivity index (χ2n) is 3.55. The lowest BCUT2D eigenvalue weighted by atomic mass is 10.3. The van der Waals surface area contributed by atoms with Crippen LogP contribution in [-0.4, -0.2) is 29.9 Å². The Bertz CT molecular complexity index is 671. The molecule has 84 valence electrons. The number of anilines is 1. The summed E-state index contributed by atoms with van der Waals surface area (Å²) in [5.74, 6) is 1.53. The molecule has 0 aliphatic heterocycles. The van der Waals surface area contributed by atoms with Gasteiger partial charge in [-0.3, -0.25) is 0 Å². The molecule has 3 rings (SSSR count). The Morgan fingerprint density at radius 1 is 1.12 bits per heavy atom. The summed E-state index contributed by atoms with van der Waals surface area (Å²) in [6.07, 6.45) is 4.86. The normalized spacial score (nSPS) is 10.9. The molecule has 7 heteroatoms. The van der Waals surface area contributed by atoms with Gasteiger partial charge in [-0.2, -0.15) is 0 Å². The Labute approximate surface area is 96.2 Å². The van der Waals surface area contributed by atoms with Gasteiger partial charge in [0.25, 0.3) is 0 Å². The van der Waals surface area contributed by atoms with E-state index in [9.17, 15) is 0 Å². The monoisotopic (exact) mass is 227 g/mol. The number of nitrogens with one attached hydrogen (secondary N) is 1. The van der Waals surface area contributed by atoms with Gasteiger partial charge in [0.2, 0.25) is 0 Å². The van der Waals surface area contributed by atoms with Crippen molar-refractivity contribution in [2.75, 3.05) is 5.73 Å². The van der Waals surface area contributed by atoms with Crippen molar-refractivity contribution >= 4 is 17.0 Å². The zero-order valence-corrected chi connectivity index (χ0v) is 9.05. The molecular weight excluding hydrogens is 218 g/mol. The molecule has 0 spiro atoms. The van der Waals surface area contributed by atoms with Crippen LogP contribution in [0.25, 0.3) is 22.6 Å². The molecule has 0 atom stereocenters. The summed E-state index contributed by atoms with van der Waals surface area (Å²) >= 11 is 0. The Morgan fingerprint density at radius 2 is 1.88 bits per heavy atom. The van der Waals surface area contributed by atoms with Crippen molar-refractivity contribution in [2.45, 2.75) is 6.92 Å². The Morgan fingerprint density at radius 3 is 2.65 bits per heavy atom. The predicted octanol–water partition coefficient (Wildman–Crippen LogP) is 0.701. The summed E-state index contributed by atoms with van der Waals surface area (Å²) < 4.78 is 0. The standard InChI is InChI=1S/C10H9N7/c1-5-12-2-6(3-13-5)9-16-8(11)7-10(17-9)15-4-14-7/h2-4H,1H3,(H3,11,14,15,16,17). The van der Waals surface area contributed by atoms with E-state index < -0.39 is 0 Å². The molecule has 3 N–H and O–H groups in total. The van der Waals surface area contributed by atoms with Crippen molar-refractivity contribution in [3.63, 3.8) is 0 Å². The SMILES string of the molecule is Cc1ncc(-c2nc(N)c3[nH]cnc3n2)cn1. The topological polar surface area (TPSA) is 106 Å². The number of nitrogens with two attached hydrogens (primary N) is 1. The summed E-state index contributed by atoms with van der Waals surface area (Å²) in [6.45, 7) is 1.82. The summed E-state index contributed by atoms with van der Waals surface area (Å²) in [5.41, 5.74) is 7.70. The zero-order valence-electron chi connectivity index (χ0n) is 9.05. The smallest absolute Gasteiger partial charge is 0.183 e. The molecule has 0 bridgehead atoms. The fourth-order valence-electron chi connectivity index (χ4n) is 1.49. The molecule has 0 saturated heterocycles. The van der Waals surface area contributed by atoms with Gasteiger partial charge in [-0.1, -0.05) is 0 Å². The van der Waals surface area contributed by atoms with Crippen molar-refractivity contribution in [3.05, 3.63) is 24.5 Å². The zero-order chi connectivity index (χ0) is 11.8. The van der Waals surface area contributed by atoms with Crippen LogP contribution in [0.4, 0.5) is 5.82 Å². The van der Waals surface area contributed by atoms with E-state index in [0.717, 1.165) is 0 Å². The first-order valence-corrected chi connectivity index (χ1v) is 4.99. The van der Waals surface area contributed by atoms with E-state index in [1.165, 1.54) is 6.33 Å². The lowest BCUT2D eigenvalue weighted by Gasteiger charge is -2.01. The number of H-pyrrole nitrogens is 1. The van der Waals surface area contributed by atoms with Crippen LogP contribution in [-0.2, 0) is 0 Å². The lowest BCUT2D eigenvalue weighted by Crippen LogP contribution is -1.98. The van der Waals surface area contributed by atoms with Crippen molar-refractivity contribution in [3.8, 4) is 11.4 Å². The highest BCUT2D eigenvalue weighted by Gasteiger charge is 2.09. The minimum Gasteiger partial charge on any atom is -0.382 e. The molecule has 3 aromatic rings. The van der Waals surface area contributed by atoms with E-state index in [-0.39, 0.29) is 0 Å². The van der Waals surface area contributed by atoms with Gasteiger partial charge in [0.15, 0.2) is 17.3 Å². The Kier molecular flexibility index (Phi) is 1.97. The van der Waals surface area contributed by atoms with Crippen molar-refractivity contribution in [2.24, 2.45) is 0 Å². The molecule has 0 radical (unpaired) electrons. The molecule has 3 heterocycles. The average Bonchev–Trinajstić information content (AvgIpc) is 2.78. The number of hydrogen-bond acceptors (Lipinski definition) is 6. The van der Waals surface area contributed by atoms with Crippen molar-refractivity contribution in [1.82, 2.24) is 29.9 Å². The van der Waals surface area contributed by atoms with Crippen LogP contribution in [0.2, 0.25) is 0 Å². The minimum atomic E-state index is 0.364. The van der Waals surface area contributed by atoms with Crippen LogP contribution in [0.5, 0.6) is 0 Å². The third kappa shape index (κ3) is 1.57. The predicted molar refractivity (Wildman–Crippen MR) is 61.9 cm³/mol. The van der Waals surface area contributed by atoms with Crippen LogP contribution in [0.1, 0.15) is 5.82 Å². The van der Waals surface area contributed by atoms with E-state index in [1.807, 2.05) is 6.92 Å². The molecule has 0 aromatic carbocycles. The second-order valence-corrected chi connectivity index (χ2v) is 3.55. The first-order chi connectivity index (χ1) is 8.24. The van der Waals surface area contributed by atoms with Crippen molar-refractivity contribution in [1.29, 1.82) is 0 Å². The second kappa shape index (κ2) is 3.48. The van der Waals surface area contributed by atoms with Gasteiger partial charge in [-0.15, -0.1) is 0 Å². The molecule has 17 heavy (non-hydrogen) atoms. The molecule has 0 aliphatic carbocycles. The van der Waals surface area contributed by atoms with Crippen molar-refractivity contribution < 1.29 is 0 Å². The van der Waals surface area contributed by atoms with Gasteiger partial charge in [0.1, 0.15) is 11.3 Å². The third-order valence-corrected chi connectivity index (χ3v) is 2.35. The number of nitrogens with zero attached hydrogens (tertiary/aromatic N) is 5. The maximum atomic E-state index is 5.81. The Hall–Kier alpha value is -2.57. The number of hydrogen-bond donors (Lipinski definition) is 2. The first kappa shape index (κ1) is 9.64. The molecule has 0 amide bonds. The van der Waals surface area contributed by atoms with E-state index in [0.29, 0.717) is 34.2 Å². The Balaban J connectivity index is 2.20. The van der Waals surface area contributed by atoms with Gasteiger partial charge < -0.3 is 10.7 Å². The van der Waals surface area contributed by atoms with Gasteiger partial charge in [-0.05, 0) is 6.92 Å². The summed E-state index contributed by atoms with van der Waals surface area (Å²) in [7, 11) is 0. The van der Waals surface area contributed by atoms with Crippen LogP contribution in [0.15, 0.2) is 18.7 Å². The highest BCUT2D eigenvalue weighted by atomic mass is 15.0. The third-order valence-electron chi connectivity index (χ3n) is 2.35. The van der Waals surface area contributed by atoms with Gasteiger partial charge in [-0.25, -0.2) is 24.9 Å². The van der Waals surface area contributed by atoms with Crippen LogP contribution < -0.4 is 5.73 Å². The molecule has 7 nitrogen and oxygen atoms in total. The maximum Gasteiger partial charge on any atom is 0.183 e. The molecule has 0 aliphatic rings. The van der Waals surface area contributed by atoms with E-state index in [4.69, 9.17) is 5.73 Å². The largest absolute Gasteiger partial charge is 0.382 e. The number of fused-ring (bicyclic) bond motifs is 1. The molecular formula is C10H9N7. The number of rotatable bonds is 1. The quantitative estimate of drug-likeness (QED) is 0.633. The highest BCUT2D eigenvalue weighted by Crippen LogP contribution is 2.19. The van der Waals surface area contributed by atoms with E-state index in [2.05, 4.69) is 29.9 Å². The lowest BCUT2D eigenvalue weighted by molar-refractivity contribution is 1.05. The molecule has 0 fully saturated rings. The summed E-state index contributed by atoms with van der Waals surface area (Å²) in [4.78, 5) is 23.6. The maximum absolute atomic E-state index is 5.81. The van der Waals surface area contributed by atoms with Crippen LogP contribution >= 0.6 is 0 Å². The fourth-order valence-corrected chi connectivity index (χ4v) is 1.49. The summed E-state index contributed by atoms with van der Waals surface area (Å²) in [6, 6.07) is 0. The number of imidazole rings is 1. The highest BCUT2D eigenvalue weighted by molar-refractivity contribution is 5.82. The first-order valence-electron chi connectivity index (χ1n) is 4.99. The molecule has 0 unspecified atom stereocenters. The minimum absolute atomic E-state index is 0.364. The number of aromatic nitrogens is 6. The van der Waals surface area contributed by atoms with Gasteiger partial charge in [0.05, 0.1) is 11.9 Å². The van der Waals surface area contributed by atoms with Gasteiger partial charge >= 0.3 is 0 Å².